The Morgan fingerprint density at radius 2 is 1.36 bits per heavy atom. The molecule has 1 N–H and O–H groups in total. The fraction of sp³-hybridized carbons (Fsp3) is 0.0889. The van der Waals surface area contributed by atoms with Crippen LogP contribution in [0.1, 0.15) is 36.2 Å². The molecule has 2 aromatic heterocycles. The van der Waals surface area contributed by atoms with Crippen LogP contribution >= 0.6 is 20.7 Å². The minimum absolute atomic E-state index is 0.137. The second-order valence-electron chi connectivity index (χ2n) is 12.1. The number of aromatic amines is 1. The normalized spacial score (nSPS) is 14.5. The van der Waals surface area contributed by atoms with E-state index in [-0.39, 0.29) is 26.6 Å². The van der Waals surface area contributed by atoms with E-state index in [2.05, 4.69) is 144 Å². The van der Waals surface area contributed by atoms with E-state index in [4.69, 9.17) is 15.0 Å². The van der Waals surface area contributed by atoms with Crippen molar-refractivity contribution in [3.05, 3.63) is 181 Å². The maximum atomic E-state index is 5.31. The van der Waals surface area contributed by atoms with E-state index in [1.807, 2.05) is 36.4 Å². The van der Waals surface area contributed by atoms with Crippen LogP contribution in [0.5, 0.6) is 0 Å². The lowest BCUT2D eigenvalue weighted by atomic mass is 9.86. The van der Waals surface area contributed by atoms with Gasteiger partial charge in [-0.25, -0.2) is 4.98 Å². The Morgan fingerprint density at radius 3 is 2.06 bits per heavy atom. The summed E-state index contributed by atoms with van der Waals surface area (Å²) in [4.78, 5) is 18.8. The average molecular weight is 762 g/mol. The van der Waals surface area contributed by atoms with Crippen LogP contribution in [0.15, 0.2) is 164 Å². The summed E-state index contributed by atoms with van der Waals surface area (Å²) in [7, 11) is 0. The smallest absolute Gasteiger partial charge is 0.252 e. The summed E-state index contributed by atoms with van der Waals surface area (Å²) in [6, 6.07) is 44.2. The standard InChI is InChI=1S/C45H37IN4/c1-3-4-16-39(31-46-2)42-30-40(32-17-8-5-9-18-32)29-41(47-42)37-25-14-23-35(27-37)36-24-15-26-38(28-36)45-49-43(33-19-10-6-11-20-33)48-44(50-45)34-21-12-7-13-22-34/h3-26,28-30,37H,2,27,31H2,1H3/p+1/b4-3-,39-16+. The van der Waals surface area contributed by atoms with E-state index in [1.165, 1.54) is 27.8 Å². The van der Waals surface area contributed by atoms with Crippen molar-refractivity contribution < 1.29 is 4.98 Å². The fourth-order valence-corrected chi connectivity index (χ4v) is 7.40. The van der Waals surface area contributed by atoms with Gasteiger partial charge in [-0.05, 0) is 89.7 Å². The zero-order valence-corrected chi connectivity index (χ0v) is 30.2. The van der Waals surface area contributed by atoms with Crippen LogP contribution in [0, 0.1) is 0 Å². The molecule has 0 bridgehead atoms. The summed E-state index contributed by atoms with van der Waals surface area (Å²) in [6.07, 6.45) is 13.9. The van der Waals surface area contributed by atoms with Crippen LogP contribution in [0.25, 0.3) is 56.4 Å². The number of nitrogens with zero attached hydrogens (tertiary/aromatic N) is 3. The number of aromatic nitrogens is 4. The second-order valence-corrected chi connectivity index (χ2v) is 14.0. The molecule has 0 saturated heterocycles. The van der Waals surface area contributed by atoms with E-state index in [9.17, 15) is 0 Å². The Labute approximate surface area is 304 Å². The van der Waals surface area contributed by atoms with Crippen LogP contribution in [-0.4, -0.2) is 23.9 Å². The maximum Gasteiger partial charge on any atom is 0.308 e. The van der Waals surface area contributed by atoms with Gasteiger partial charge in [0.05, 0.1) is 22.4 Å². The number of hydrogen-bond donors (Lipinski definition) is 0. The number of nitrogens with one attached hydrogen (secondary N) is 1. The molecule has 50 heavy (non-hydrogen) atoms. The quantitative estimate of drug-likeness (QED) is 0.0794. The van der Waals surface area contributed by atoms with Crippen LogP contribution in [0.3, 0.4) is 0 Å². The summed E-state index contributed by atoms with van der Waals surface area (Å²) in [6.45, 7) is 2.05. The first kappa shape index (κ1) is 33.1. The molecule has 1 aliphatic carbocycles. The summed E-state index contributed by atoms with van der Waals surface area (Å²) in [5.74, 6) is 2.38. The SMILES string of the molecule is C=IC/C(=C\C=C/C)c1cc(-c2ccccc2)cc(C2C=CC=C(c3cccc(-c4nc(-c5ccccc5)nc(-c5ccccc5)[nH+]4)c3)C2)n1. The van der Waals surface area contributed by atoms with Crippen LogP contribution in [-0.2, 0) is 0 Å². The van der Waals surface area contributed by atoms with Gasteiger partial charge >= 0.3 is 5.82 Å². The highest BCUT2D eigenvalue weighted by molar-refractivity contribution is 14.2. The largest absolute Gasteiger partial charge is 0.308 e. The lowest BCUT2D eigenvalue weighted by Crippen LogP contribution is -2.17. The molecule has 1 aliphatic rings. The first-order chi connectivity index (χ1) is 24.7. The maximum absolute atomic E-state index is 5.31. The Hall–Kier alpha value is -5.40. The van der Waals surface area contributed by atoms with Gasteiger partial charge in [0.15, 0.2) is 0 Å². The number of H-pyrrole nitrogens is 1. The average Bonchev–Trinajstić information content (AvgIpc) is 3.20. The molecule has 1 unspecified atom stereocenters. The van der Waals surface area contributed by atoms with Crippen molar-refractivity contribution in [3.8, 4) is 45.3 Å². The molecule has 0 aliphatic heterocycles. The Morgan fingerprint density at radius 1 is 0.720 bits per heavy atom. The number of benzene rings is 4. The first-order valence-electron chi connectivity index (χ1n) is 16.8. The number of pyridine rings is 1. The molecule has 0 radical (unpaired) electrons. The Bertz CT molecular complexity index is 2180. The molecule has 0 spiro atoms. The predicted octanol–water partition coefficient (Wildman–Crippen LogP) is 10.8. The lowest BCUT2D eigenvalue weighted by molar-refractivity contribution is -0.359. The monoisotopic (exact) mass is 761 g/mol. The third kappa shape index (κ3) is 7.74. The van der Waals surface area contributed by atoms with Crippen molar-refractivity contribution in [2.24, 2.45) is 0 Å². The Balaban J connectivity index is 1.24. The highest BCUT2D eigenvalue weighted by Crippen LogP contribution is 2.36. The van der Waals surface area contributed by atoms with Crippen molar-refractivity contribution >= 4 is 36.4 Å². The van der Waals surface area contributed by atoms with E-state index in [0.29, 0.717) is 5.82 Å². The third-order valence-electron chi connectivity index (χ3n) is 8.73. The first-order valence-corrected chi connectivity index (χ1v) is 19.9. The van der Waals surface area contributed by atoms with Gasteiger partial charge < -0.3 is 0 Å². The summed E-state index contributed by atoms with van der Waals surface area (Å²) in [5.41, 5.74) is 11.2. The van der Waals surface area contributed by atoms with E-state index in [1.54, 1.807) is 0 Å². The molecule has 4 nitrogen and oxygen atoms in total. The Kier molecular flexibility index (Phi) is 10.5. The zero-order valence-electron chi connectivity index (χ0n) is 28.0. The van der Waals surface area contributed by atoms with Crippen LogP contribution in [0.4, 0.5) is 0 Å². The fourth-order valence-electron chi connectivity index (χ4n) is 6.17. The van der Waals surface area contributed by atoms with Crippen molar-refractivity contribution in [1.29, 1.82) is 0 Å². The minimum atomic E-state index is -0.186. The molecule has 2 heterocycles. The highest BCUT2D eigenvalue weighted by Gasteiger charge is 2.22. The van der Waals surface area contributed by atoms with Crippen molar-refractivity contribution in [1.82, 2.24) is 15.0 Å². The topological polar surface area (TPSA) is 52.8 Å². The van der Waals surface area contributed by atoms with Gasteiger partial charge in [-0.3, -0.25) is 4.98 Å². The highest BCUT2D eigenvalue weighted by atomic mass is 127. The lowest BCUT2D eigenvalue weighted by Gasteiger charge is -2.21. The van der Waals surface area contributed by atoms with E-state index in [0.717, 1.165) is 50.6 Å². The third-order valence-corrected chi connectivity index (χ3v) is 10.1. The molecule has 5 heteroatoms. The molecular formula is C45H38IN4+. The number of halogens is 1. The molecule has 244 valence electrons. The summed E-state index contributed by atoms with van der Waals surface area (Å²) in [5, 5.41) is 0. The van der Waals surface area contributed by atoms with Gasteiger partial charge in [-0.15, -0.1) is 20.7 Å². The van der Waals surface area contributed by atoms with Crippen molar-refractivity contribution in [3.63, 3.8) is 0 Å². The summed E-state index contributed by atoms with van der Waals surface area (Å²) >= 11 is -0.186. The van der Waals surface area contributed by atoms with Gasteiger partial charge in [0.2, 0.25) is 0 Å². The summed E-state index contributed by atoms with van der Waals surface area (Å²) < 4.78 is 5.23. The zero-order chi connectivity index (χ0) is 34.1. The molecule has 4 aromatic carbocycles. The molecule has 0 fully saturated rings. The number of rotatable bonds is 10. The van der Waals surface area contributed by atoms with Gasteiger partial charge in [-0.1, -0.05) is 130 Å². The molecular weight excluding hydrogens is 723 g/mol. The van der Waals surface area contributed by atoms with Gasteiger partial charge in [-0.2, -0.15) is 0 Å². The van der Waals surface area contributed by atoms with Gasteiger partial charge in [0.1, 0.15) is 0 Å². The van der Waals surface area contributed by atoms with E-state index < -0.39 is 0 Å². The molecule has 7 rings (SSSR count). The molecule has 1 atom stereocenters. The number of alkyl halides is 1. The van der Waals surface area contributed by atoms with Crippen molar-refractivity contribution in [2.75, 3.05) is 4.43 Å². The number of hydrogen-bond acceptors (Lipinski definition) is 3. The second kappa shape index (κ2) is 15.9. The van der Waals surface area contributed by atoms with Gasteiger partial charge in [0.25, 0.3) is 11.6 Å². The molecule has 6 aromatic rings. The van der Waals surface area contributed by atoms with Crippen LogP contribution in [0.2, 0.25) is 0 Å². The molecule has 0 saturated carbocycles. The number of allylic oxidation sites excluding steroid dienone is 8. The van der Waals surface area contributed by atoms with E-state index >= 15 is 0 Å². The predicted molar refractivity (Wildman–Crippen MR) is 218 cm³/mol. The van der Waals surface area contributed by atoms with Crippen molar-refractivity contribution in [2.45, 2.75) is 19.3 Å². The molecule has 0 amide bonds. The van der Waals surface area contributed by atoms with Gasteiger partial charge in [0, 0.05) is 16.0 Å². The van der Waals surface area contributed by atoms with Crippen LogP contribution < -0.4 is 4.98 Å². The minimum Gasteiger partial charge on any atom is -0.252 e.